The number of para-hydroxylation sites is 2. The number of nitriles is 1. The molecule has 0 aliphatic carbocycles. The summed E-state index contributed by atoms with van der Waals surface area (Å²) in [6, 6.07) is 21.4. The first-order valence-corrected chi connectivity index (χ1v) is 10.0. The Morgan fingerprint density at radius 3 is 2.41 bits per heavy atom. The van der Waals surface area contributed by atoms with E-state index in [0.717, 1.165) is 5.56 Å². The van der Waals surface area contributed by atoms with E-state index in [9.17, 15) is 10.1 Å². The molecule has 0 bridgehead atoms. The van der Waals surface area contributed by atoms with Crippen LogP contribution in [0.3, 0.4) is 0 Å². The molecule has 0 fully saturated rings. The van der Waals surface area contributed by atoms with Crippen molar-refractivity contribution in [2.75, 3.05) is 19.5 Å². The summed E-state index contributed by atoms with van der Waals surface area (Å²) < 4.78 is 16.5. The molecule has 0 aromatic heterocycles. The van der Waals surface area contributed by atoms with Crippen molar-refractivity contribution >= 4 is 29.3 Å². The number of halogens is 1. The van der Waals surface area contributed by atoms with Crippen molar-refractivity contribution in [3.63, 3.8) is 0 Å². The molecule has 0 saturated heterocycles. The van der Waals surface area contributed by atoms with Crippen LogP contribution in [0.5, 0.6) is 17.2 Å². The van der Waals surface area contributed by atoms with Crippen LogP contribution in [0.1, 0.15) is 11.1 Å². The topological polar surface area (TPSA) is 80.6 Å². The van der Waals surface area contributed by atoms with Crippen molar-refractivity contribution in [1.82, 2.24) is 0 Å². The van der Waals surface area contributed by atoms with Gasteiger partial charge in [0.05, 0.1) is 19.9 Å². The van der Waals surface area contributed by atoms with E-state index in [1.807, 2.05) is 18.2 Å². The average molecular weight is 449 g/mol. The molecule has 3 aromatic rings. The van der Waals surface area contributed by atoms with E-state index >= 15 is 0 Å². The van der Waals surface area contributed by atoms with Gasteiger partial charge in [0.15, 0.2) is 11.5 Å². The first kappa shape index (κ1) is 22.7. The Labute approximate surface area is 191 Å². The number of nitrogens with zero attached hydrogens (tertiary/aromatic N) is 1. The highest BCUT2D eigenvalue weighted by molar-refractivity contribution is 6.30. The van der Waals surface area contributed by atoms with Crippen molar-refractivity contribution < 1.29 is 19.0 Å². The van der Waals surface area contributed by atoms with Crippen LogP contribution < -0.4 is 19.5 Å². The van der Waals surface area contributed by atoms with E-state index in [1.54, 1.807) is 54.6 Å². The van der Waals surface area contributed by atoms with Crippen molar-refractivity contribution in [3.8, 4) is 23.3 Å². The van der Waals surface area contributed by atoms with Crippen LogP contribution in [-0.2, 0) is 11.4 Å². The Balaban J connectivity index is 1.76. The van der Waals surface area contributed by atoms with Gasteiger partial charge in [-0.1, -0.05) is 41.9 Å². The largest absolute Gasteiger partial charge is 0.495 e. The third-order valence-electron chi connectivity index (χ3n) is 4.53. The van der Waals surface area contributed by atoms with Gasteiger partial charge in [0.1, 0.15) is 24.0 Å². The molecule has 0 aliphatic rings. The zero-order valence-electron chi connectivity index (χ0n) is 17.6. The maximum absolute atomic E-state index is 12.6. The lowest BCUT2D eigenvalue weighted by Gasteiger charge is -2.12. The van der Waals surface area contributed by atoms with Crippen LogP contribution >= 0.6 is 11.6 Å². The standard InChI is InChI=1S/C25H21ClN2O4/c1-30-22-6-4-3-5-21(22)28-25(29)19(15-27)13-18-9-12-23(24(14-18)31-2)32-16-17-7-10-20(26)11-8-17/h3-14H,16H2,1-2H3,(H,28,29)/b19-13-. The maximum atomic E-state index is 12.6. The van der Waals surface area contributed by atoms with Gasteiger partial charge in [-0.05, 0) is 53.6 Å². The number of carbonyl (C=O) groups excluding carboxylic acids is 1. The molecule has 162 valence electrons. The zero-order chi connectivity index (χ0) is 22.9. The highest BCUT2D eigenvalue weighted by Crippen LogP contribution is 2.30. The Morgan fingerprint density at radius 1 is 1.00 bits per heavy atom. The van der Waals surface area contributed by atoms with Crippen LogP contribution in [0, 0.1) is 11.3 Å². The molecule has 0 unspecified atom stereocenters. The molecule has 0 atom stereocenters. The second kappa shape index (κ2) is 10.9. The van der Waals surface area contributed by atoms with Gasteiger partial charge in [-0.25, -0.2) is 0 Å². The van der Waals surface area contributed by atoms with Crippen LogP contribution in [0.15, 0.2) is 72.3 Å². The molecule has 7 heteroatoms. The first-order chi connectivity index (χ1) is 15.5. The van der Waals surface area contributed by atoms with Gasteiger partial charge < -0.3 is 19.5 Å². The quantitative estimate of drug-likeness (QED) is 0.364. The summed E-state index contributed by atoms with van der Waals surface area (Å²) >= 11 is 5.91. The zero-order valence-corrected chi connectivity index (χ0v) is 18.3. The Morgan fingerprint density at radius 2 is 1.72 bits per heavy atom. The molecule has 0 saturated carbocycles. The van der Waals surface area contributed by atoms with Crippen molar-refractivity contribution in [3.05, 3.63) is 88.5 Å². The van der Waals surface area contributed by atoms with Gasteiger partial charge in [0.2, 0.25) is 0 Å². The summed E-state index contributed by atoms with van der Waals surface area (Å²) in [6.07, 6.45) is 1.48. The SMILES string of the molecule is COc1ccccc1NC(=O)/C(C#N)=C\c1ccc(OCc2ccc(Cl)cc2)c(OC)c1. The molecule has 0 spiro atoms. The van der Waals surface area contributed by atoms with E-state index in [0.29, 0.717) is 40.1 Å². The van der Waals surface area contributed by atoms with Gasteiger partial charge in [-0.3, -0.25) is 4.79 Å². The number of ether oxygens (including phenoxy) is 3. The number of hydrogen-bond acceptors (Lipinski definition) is 5. The smallest absolute Gasteiger partial charge is 0.266 e. The van der Waals surface area contributed by atoms with Crippen LogP contribution in [0.2, 0.25) is 5.02 Å². The lowest BCUT2D eigenvalue weighted by molar-refractivity contribution is -0.112. The number of methoxy groups -OCH3 is 2. The van der Waals surface area contributed by atoms with Crippen molar-refractivity contribution in [2.24, 2.45) is 0 Å². The molecular formula is C25H21ClN2O4. The third kappa shape index (κ3) is 5.81. The minimum absolute atomic E-state index is 0.0622. The molecule has 0 radical (unpaired) electrons. The molecule has 32 heavy (non-hydrogen) atoms. The average Bonchev–Trinajstić information content (AvgIpc) is 2.82. The van der Waals surface area contributed by atoms with Gasteiger partial charge in [0.25, 0.3) is 5.91 Å². The number of hydrogen-bond donors (Lipinski definition) is 1. The molecule has 0 aliphatic heterocycles. The lowest BCUT2D eigenvalue weighted by Crippen LogP contribution is -2.14. The van der Waals surface area contributed by atoms with E-state index in [4.69, 9.17) is 25.8 Å². The Bertz CT molecular complexity index is 1170. The predicted octanol–water partition coefficient (Wildman–Crippen LogP) is 5.48. The summed E-state index contributed by atoms with van der Waals surface area (Å²) in [7, 11) is 3.03. The molecule has 1 amide bonds. The van der Waals surface area contributed by atoms with E-state index in [2.05, 4.69) is 5.32 Å². The van der Waals surface area contributed by atoms with Gasteiger partial charge in [0, 0.05) is 5.02 Å². The molecule has 6 nitrogen and oxygen atoms in total. The number of carbonyl (C=O) groups is 1. The Kier molecular flexibility index (Phi) is 7.74. The summed E-state index contributed by atoms with van der Waals surface area (Å²) in [4.78, 5) is 12.6. The summed E-state index contributed by atoms with van der Waals surface area (Å²) in [6.45, 7) is 0.341. The van der Waals surface area contributed by atoms with Gasteiger partial charge in [-0.2, -0.15) is 5.26 Å². The lowest BCUT2D eigenvalue weighted by atomic mass is 10.1. The molecule has 1 N–H and O–H groups in total. The highest BCUT2D eigenvalue weighted by Gasteiger charge is 2.13. The van der Waals surface area contributed by atoms with E-state index < -0.39 is 5.91 Å². The number of anilines is 1. The van der Waals surface area contributed by atoms with E-state index in [1.165, 1.54) is 20.3 Å². The molecule has 3 rings (SSSR count). The third-order valence-corrected chi connectivity index (χ3v) is 4.78. The molecule has 3 aromatic carbocycles. The maximum Gasteiger partial charge on any atom is 0.266 e. The minimum Gasteiger partial charge on any atom is -0.495 e. The van der Waals surface area contributed by atoms with Gasteiger partial charge in [-0.15, -0.1) is 0 Å². The number of benzene rings is 3. The van der Waals surface area contributed by atoms with E-state index in [-0.39, 0.29) is 5.57 Å². The molecular weight excluding hydrogens is 428 g/mol. The second-order valence-electron chi connectivity index (χ2n) is 6.65. The van der Waals surface area contributed by atoms with Crippen LogP contribution in [0.25, 0.3) is 6.08 Å². The minimum atomic E-state index is -0.543. The number of rotatable bonds is 8. The number of amides is 1. The monoisotopic (exact) mass is 448 g/mol. The van der Waals surface area contributed by atoms with Crippen molar-refractivity contribution in [1.29, 1.82) is 5.26 Å². The number of nitrogens with one attached hydrogen (secondary N) is 1. The van der Waals surface area contributed by atoms with Gasteiger partial charge >= 0.3 is 0 Å². The first-order valence-electron chi connectivity index (χ1n) is 9.65. The highest BCUT2D eigenvalue weighted by atomic mass is 35.5. The molecule has 0 heterocycles. The van der Waals surface area contributed by atoms with Crippen LogP contribution in [-0.4, -0.2) is 20.1 Å². The fourth-order valence-electron chi connectivity index (χ4n) is 2.89. The van der Waals surface area contributed by atoms with Crippen molar-refractivity contribution in [2.45, 2.75) is 6.61 Å². The predicted molar refractivity (Wildman–Crippen MR) is 124 cm³/mol. The summed E-state index contributed by atoms with van der Waals surface area (Å²) in [5.41, 5.74) is 1.99. The Hall–Kier alpha value is -3.95. The fraction of sp³-hybridized carbons (Fsp3) is 0.120. The second-order valence-corrected chi connectivity index (χ2v) is 7.09. The fourth-order valence-corrected chi connectivity index (χ4v) is 3.01. The summed E-state index contributed by atoms with van der Waals surface area (Å²) in [5, 5.41) is 12.9. The normalized spacial score (nSPS) is 10.8. The summed E-state index contributed by atoms with van der Waals surface area (Å²) in [5.74, 6) is 0.979. The van der Waals surface area contributed by atoms with Crippen LogP contribution in [0.4, 0.5) is 5.69 Å².